The van der Waals surface area contributed by atoms with Crippen molar-refractivity contribution >= 4 is 29.3 Å². The van der Waals surface area contributed by atoms with Crippen molar-refractivity contribution in [2.75, 3.05) is 19.0 Å². The molecule has 5 nitrogen and oxygen atoms in total. The monoisotopic (exact) mass is 382 g/mol. The lowest BCUT2D eigenvalue weighted by molar-refractivity contribution is -0.133. The van der Waals surface area contributed by atoms with Crippen LogP contribution >= 0.6 is 11.8 Å². The number of rotatable bonds is 4. The van der Waals surface area contributed by atoms with Crippen molar-refractivity contribution in [1.29, 1.82) is 0 Å². The van der Waals surface area contributed by atoms with Gasteiger partial charge < -0.3 is 15.0 Å². The third-order valence-corrected chi connectivity index (χ3v) is 6.42. The number of hydrogen-bond donors (Lipinski definition) is 1. The molecule has 6 heteroatoms. The number of carbonyl (C=O) groups excluding carboxylic acids is 2. The highest BCUT2D eigenvalue weighted by atomic mass is 32.2. The first-order chi connectivity index (χ1) is 13.2. The van der Waals surface area contributed by atoms with E-state index in [0.29, 0.717) is 0 Å². The molecule has 0 bridgehead atoms. The van der Waals surface area contributed by atoms with Crippen molar-refractivity contribution in [3.63, 3.8) is 0 Å². The summed E-state index contributed by atoms with van der Waals surface area (Å²) >= 11 is 1.48. The van der Waals surface area contributed by atoms with Crippen molar-refractivity contribution < 1.29 is 14.3 Å². The third kappa shape index (κ3) is 3.67. The van der Waals surface area contributed by atoms with Gasteiger partial charge >= 0.3 is 0 Å². The Morgan fingerprint density at radius 2 is 2.00 bits per heavy atom. The molecule has 2 amide bonds. The average molecular weight is 382 g/mol. The number of benzene rings is 2. The Morgan fingerprint density at radius 1 is 1.22 bits per heavy atom. The lowest BCUT2D eigenvalue weighted by atomic mass is 10.0. The van der Waals surface area contributed by atoms with Gasteiger partial charge in [-0.1, -0.05) is 24.3 Å². The number of hydrogen-bond acceptors (Lipinski definition) is 4. The summed E-state index contributed by atoms with van der Waals surface area (Å²) in [5, 5.41) is 2.53. The first kappa shape index (κ1) is 17.9. The van der Waals surface area contributed by atoms with E-state index in [1.807, 2.05) is 53.4 Å². The topological polar surface area (TPSA) is 58.6 Å². The third-order valence-electron chi connectivity index (χ3n) is 5.14. The van der Waals surface area contributed by atoms with Crippen LogP contribution in [0.3, 0.4) is 0 Å². The van der Waals surface area contributed by atoms with Crippen LogP contribution < -0.4 is 10.1 Å². The van der Waals surface area contributed by atoms with Crippen LogP contribution in [0.2, 0.25) is 0 Å². The van der Waals surface area contributed by atoms with Gasteiger partial charge in [-0.15, -0.1) is 11.8 Å². The lowest BCUT2D eigenvalue weighted by Crippen LogP contribution is -2.37. The van der Waals surface area contributed by atoms with E-state index >= 15 is 0 Å². The summed E-state index contributed by atoms with van der Waals surface area (Å²) in [5.74, 6) is 0.760. The number of carbonyl (C=O) groups is 2. The maximum atomic E-state index is 13.0. The van der Waals surface area contributed by atoms with E-state index in [2.05, 4.69) is 5.32 Å². The predicted molar refractivity (Wildman–Crippen MR) is 106 cm³/mol. The van der Waals surface area contributed by atoms with Crippen molar-refractivity contribution in [2.24, 2.45) is 0 Å². The summed E-state index contributed by atoms with van der Waals surface area (Å²) in [7, 11) is 1.64. The van der Waals surface area contributed by atoms with Crippen LogP contribution in [0.4, 0.5) is 5.69 Å². The maximum Gasteiger partial charge on any atom is 0.238 e. The zero-order valence-electron chi connectivity index (χ0n) is 15.2. The Kier molecular flexibility index (Phi) is 5.07. The number of thioether (sulfide) groups is 1. The van der Waals surface area contributed by atoms with E-state index < -0.39 is 0 Å². The van der Waals surface area contributed by atoms with Crippen LogP contribution in [-0.4, -0.2) is 35.6 Å². The van der Waals surface area contributed by atoms with Gasteiger partial charge in [0.15, 0.2) is 0 Å². The molecule has 0 aromatic heterocycles. The Labute approximate surface area is 163 Å². The highest BCUT2D eigenvalue weighted by Crippen LogP contribution is 2.38. The van der Waals surface area contributed by atoms with Gasteiger partial charge in [-0.3, -0.25) is 9.59 Å². The van der Waals surface area contributed by atoms with Crippen molar-refractivity contribution in [2.45, 2.75) is 35.4 Å². The molecule has 0 aliphatic carbocycles. The quantitative estimate of drug-likeness (QED) is 0.872. The fourth-order valence-electron chi connectivity index (χ4n) is 3.74. The maximum absolute atomic E-state index is 13.0. The summed E-state index contributed by atoms with van der Waals surface area (Å²) in [4.78, 5) is 28.3. The molecule has 1 fully saturated rings. The molecule has 2 unspecified atom stereocenters. The normalized spacial score (nSPS) is 21.5. The molecule has 2 atom stereocenters. The zero-order valence-corrected chi connectivity index (χ0v) is 16.0. The van der Waals surface area contributed by atoms with E-state index in [4.69, 9.17) is 4.74 Å². The minimum absolute atomic E-state index is 0.0420. The minimum Gasteiger partial charge on any atom is -0.497 e. The Morgan fingerprint density at radius 3 is 2.78 bits per heavy atom. The summed E-state index contributed by atoms with van der Waals surface area (Å²) in [6, 6.07) is 15.7. The first-order valence-corrected chi connectivity index (χ1v) is 10.0. The van der Waals surface area contributed by atoms with Crippen LogP contribution in [0.5, 0.6) is 5.75 Å². The van der Waals surface area contributed by atoms with Crippen molar-refractivity contribution in [3.8, 4) is 5.75 Å². The highest BCUT2D eigenvalue weighted by Gasteiger charge is 2.34. The fourth-order valence-corrected chi connectivity index (χ4v) is 4.84. The standard InChI is InChI=1S/C21H22N2O3S/c1-26-15-10-8-14(9-11-15)17-6-4-12-23(17)20(24)13-19-21(25)22-16-5-2-3-7-18(16)27-19/h2-3,5,7-11,17,19H,4,6,12-13H2,1H3,(H,22,25). The van der Waals surface area contributed by atoms with Gasteiger partial charge in [0.05, 0.1) is 24.1 Å². The molecule has 140 valence electrons. The van der Waals surface area contributed by atoms with Crippen LogP contribution in [0.1, 0.15) is 30.9 Å². The number of ether oxygens (including phenoxy) is 1. The van der Waals surface area contributed by atoms with Crippen LogP contribution in [0, 0.1) is 0 Å². The molecule has 27 heavy (non-hydrogen) atoms. The number of nitrogens with zero attached hydrogens (tertiary/aromatic N) is 1. The number of methoxy groups -OCH3 is 1. The van der Waals surface area contributed by atoms with E-state index in [1.165, 1.54) is 11.8 Å². The van der Waals surface area contributed by atoms with Crippen LogP contribution in [0.25, 0.3) is 0 Å². The zero-order chi connectivity index (χ0) is 18.8. The molecule has 2 aliphatic heterocycles. The Bertz CT molecular complexity index is 853. The van der Waals surface area contributed by atoms with Gasteiger partial charge in [-0.2, -0.15) is 0 Å². The first-order valence-electron chi connectivity index (χ1n) is 9.15. The molecule has 1 saturated heterocycles. The van der Waals surface area contributed by atoms with Crippen LogP contribution in [-0.2, 0) is 9.59 Å². The second-order valence-electron chi connectivity index (χ2n) is 6.81. The second-order valence-corrected chi connectivity index (χ2v) is 8.06. The molecule has 4 rings (SSSR count). The van der Waals surface area contributed by atoms with Gasteiger partial charge in [0.25, 0.3) is 0 Å². The second kappa shape index (κ2) is 7.64. The van der Waals surface area contributed by atoms with E-state index in [-0.39, 0.29) is 29.5 Å². The molecule has 2 aromatic carbocycles. The highest BCUT2D eigenvalue weighted by molar-refractivity contribution is 8.01. The molecular formula is C21H22N2O3S. The SMILES string of the molecule is COc1ccc(C2CCCN2C(=O)CC2Sc3ccccc3NC2=O)cc1. The van der Waals surface area contributed by atoms with Crippen LogP contribution in [0.15, 0.2) is 53.4 Å². The minimum atomic E-state index is -0.385. The Hall–Kier alpha value is -2.47. The number of likely N-dealkylation sites (tertiary alicyclic amines) is 1. The fraction of sp³-hybridized carbons (Fsp3) is 0.333. The van der Waals surface area contributed by atoms with Gasteiger partial charge in [-0.25, -0.2) is 0 Å². The molecule has 2 aromatic rings. The smallest absolute Gasteiger partial charge is 0.238 e. The van der Waals surface area contributed by atoms with E-state index in [1.54, 1.807) is 7.11 Å². The summed E-state index contributed by atoms with van der Waals surface area (Å²) in [6.07, 6.45) is 2.15. The molecule has 0 spiro atoms. The molecule has 2 aliphatic rings. The summed E-state index contributed by atoms with van der Waals surface area (Å²) < 4.78 is 5.22. The van der Waals surface area contributed by atoms with Gasteiger partial charge in [0.1, 0.15) is 5.75 Å². The predicted octanol–water partition coefficient (Wildman–Crippen LogP) is 3.86. The van der Waals surface area contributed by atoms with Gasteiger partial charge in [0.2, 0.25) is 11.8 Å². The number of amides is 2. The van der Waals surface area contributed by atoms with Crippen molar-refractivity contribution in [1.82, 2.24) is 4.90 Å². The average Bonchev–Trinajstić information content (AvgIpc) is 3.18. The Balaban J connectivity index is 1.46. The molecule has 1 N–H and O–H groups in total. The van der Waals surface area contributed by atoms with E-state index in [0.717, 1.165) is 41.3 Å². The number of fused-ring (bicyclic) bond motifs is 1. The molecular weight excluding hydrogens is 360 g/mol. The largest absolute Gasteiger partial charge is 0.497 e. The molecule has 0 radical (unpaired) electrons. The number of para-hydroxylation sites is 1. The molecule has 0 saturated carbocycles. The van der Waals surface area contributed by atoms with Gasteiger partial charge in [0, 0.05) is 17.9 Å². The number of anilines is 1. The van der Waals surface area contributed by atoms with Gasteiger partial charge in [-0.05, 0) is 42.7 Å². The lowest BCUT2D eigenvalue weighted by Gasteiger charge is -2.28. The number of nitrogens with one attached hydrogen (secondary N) is 1. The molecule has 2 heterocycles. The summed E-state index contributed by atoms with van der Waals surface area (Å²) in [5.41, 5.74) is 1.95. The summed E-state index contributed by atoms with van der Waals surface area (Å²) in [6.45, 7) is 0.741. The van der Waals surface area contributed by atoms with Crippen molar-refractivity contribution in [3.05, 3.63) is 54.1 Å². The van der Waals surface area contributed by atoms with E-state index in [9.17, 15) is 9.59 Å².